The molecule has 2 amide bonds. The van der Waals surface area contributed by atoms with Crippen molar-refractivity contribution in [2.45, 2.75) is 13.1 Å². The van der Waals surface area contributed by atoms with E-state index in [4.69, 9.17) is 5.73 Å². The quantitative estimate of drug-likeness (QED) is 0.710. The Morgan fingerprint density at radius 1 is 1.47 bits per heavy atom. The summed E-state index contributed by atoms with van der Waals surface area (Å²) in [6.45, 7) is 1.13. The first kappa shape index (κ1) is 9.83. The first-order valence-electron chi connectivity index (χ1n) is 5.28. The van der Waals surface area contributed by atoms with E-state index in [1.165, 1.54) is 4.90 Å². The van der Waals surface area contributed by atoms with Gasteiger partial charge < -0.3 is 5.73 Å². The molecule has 6 heteroatoms. The molecule has 0 fully saturated rings. The number of aliphatic imine (C=N–C) groups is 1. The molecule has 0 aliphatic carbocycles. The number of fused-ring (bicyclic) bond motifs is 3. The standard InChI is InChI=1S/C11H11N5O/c12-11(17)15-5-2-9-8(7-15)10-6-13-3-1-4-16(10)14-9/h1-3,5-6H,4,7H2,(H2,12,17). The highest BCUT2D eigenvalue weighted by molar-refractivity contribution is 5.83. The Labute approximate surface area is 97.7 Å². The number of hydrogen-bond donors (Lipinski definition) is 1. The third-order valence-electron chi connectivity index (χ3n) is 2.82. The van der Waals surface area contributed by atoms with Crippen molar-refractivity contribution in [2.24, 2.45) is 10.7 Å². The van der Waals surface area contributed by atoms with Crippen molar-refractivity contribution in [3.8, 4) is 0 Å². The normalized spacial score (nSPS) is 16.6. The van der Waals surface area contributed by atoms with Crippen LogP contribution in [0.4, 0.5) is 4.79 Å². The first-order chi connectivity index (χ1) is 8.25. The largest absolute Gasteiger partial charge is 0.351 e. The monoisotopic (exact) mass is 229 g/mol. The van der Waals surface area contributed by atoms with E-state index in [2.05, 4.69) is 10.1 Å². The molecule has 0 radical (unpaired) electrons. The molecule has 0 unspecified atom stereocenters. The van der Waals surface area contributed by atoms with Crippen LogP contribution in [0.25, 0.3) is 6.08 Å². The van der Waals surface area contributed by atoms with Gasteiger partial charge in [0, 0.05) is 18.0 Å². The molecule has 0 saturated heterocycles. The van der Waals surface area contributed by atoms with Gasteiger partial charge in [-0.3, -0.25) is 14.6 Å². The molecule has 3 rings (SSSR count). The fourth-order valence-electron chi connectivity index (χ4n) is 1.97. The molecule has 3 heterocycles. The minimum absolute atomic E-state index is 0.447. The maximum Gasteiger partial charge on any atom is 0.319 e. The summed E-state index contributed by atoms with van der Waals surface area (Å²) in [4.78, 5) is 16.7. The highest BCUT2D eigenvalue weighted by Gasteiger charge is 2.22. The van der Waals surface area contributed by atoms with Crippen LogP contribution >= 0.6 is 0 Å². The smallest absolute Gasteiger partial charge is 0.319 e. The number of nitrogens with two attached hydrogens (primary N) is 1. The number of rotatable bonds is 0. The number of amides is 2. The van der Waals surface area contributed by atoms with Crippen LogP contribution in [0, 0.1) is 0 Å². The van der Waals surface area contributed by atoms with Gasteiger partial charge in [0.05, 0.1) is 30.7 Å². The summed E-state index contributed by atoms with van der Waals surface area (Å²) < 4.78 is 1.87. The van der Waals surface area contributed by atoms with E-state index in [1.807, 2.05) is 10.8 Å². The SMILES string of the molecule is NC(=O)N1C=Cc2nn3c(c2C1)C=NC=CC3. The van der Waals surface area contributed by atoms with Crippen LogP contribution in [0.3, 0.4) is 0 Å². The van der Waals surface area contributed by atoms with Crippen LogP contribution in [-0.2, 0) is 13.1 Å². The number of carbonyl (C=O) groups is 1. The van der Waals surface area contributed by atoms with E-state index in [0.717, 1.165) is 17.0 Å². The summed E-state index contributed by atoms with van der Waals surface area (Å²) in [6, 6.07) is -0.462. The average molecular weight is 229 g/mol. The minimum atomic E-state index is -0.462. The van der Waals surface area contributed by atoms with E-state index in [1.54, 1.807) is 24.7 Å². The second kappa shape index (κ2) is 3.58. The summed E-state index contributed by atoms with van der Waals surface area (Å²) in [7, 11) is 0. The summed E-state index contributed by atoms with van der Waals surface area (Å²) in [5.74, 6) is 0. The molecule has 2 N–H and O–H groups in total. The van der Waals surface area contributed by atoms with Crippen LogP contribution in [0.5, 0.6) is 0 Å². The summed E-state index contributed by atoms with van der Waals surface area (Å²) in [5.41, 5.74) is 8.05. The maximum atomic E-state index is 11.1. The van der Waals surface area contributed by atoms with Crippen molar-refractivity contribution in [1.29, 1.82) is 0 Å². The van der Waals surface area contributed by atoms with Gasteiger partial charge in [-0.2, -0.15) is 5.10 Å². The Bertz CT molecular complexity index is 567. The van der Waals surface area contributed by atoms with Crippen LogP contribution < -0.4 is 5.73 Å². The van der Waals surface area contributed by atoms with Crippen molar-refractivity contribution in [3.63, 3.8) is 0 Å². The lowest BCUT2D eigenvalue weighted by atomic mass is 10.1. The fourth-order valence-corrected chi connectivity index (χ4v) is 1.97. The van der Waals surface area contributed by atoms with Gasteiger partial charge in [0.1, 0.15) is 0 Å². The lowest BCUT2D eigenvalue weighted by Gasteiger charge is -2.18. The van der Waals surface area contributed by atoms with Crippen molar-refractivity contribution >= 4 is 18.3 Å². The topological polar surface area (TPSA) is 76.5 Å². The zero-order chi connectivity index (χ0) is 11.8. The number of allylic oxidation sites excluding steroid dienone is 1. The molecule has 86 valence electrons. The van der Waals surface area contributed by atoms with Crippen LogP contribution in [0.1, 0.15) is 17.0 Å². The average Bonchev–Trinajstić information content (AvgIpc) is 2.51. The summed E-state index contributed by atoms with van der Waals surface area (Å²) in [5, 5.41) is 4.45. The predicted octanol–water partition coefficient (Wildman–Crippen LogP) is 0.694. The van der Waals surface area contributed by atoms with Gasteiger partial charge in [0.15, 0.2) is 0 Å². The lowest BCUT2D eigenvalue weighted by Crippen LogP contribution is -2.32. The minimum Gasteiger partial charge on any atom is -0.351 e. The third-order valence-corrected chi connectivity index (χ3v) is 2.82. The third kappa shape index (κ3) is 1.54. The molecule has 2 aliphatic heterocycles. The van der Waals surface area contributed by atoms with Crippen LogP contribution in [-0.4, -0.2) is 26.9 Å². The number of carbonyl (C=O) groups excluding carboxylic acids is 1. The second-order valence-electron chi connectivity index (χ2n) is 3.88. The molecule has 0 bridgehead atoms. The lowest BCUT2D eigenvalue weighted by molar-refractivity contribution is 0.223. The zero-order valence-electron chi connectivity index (χ0n) is 9.08. The molecule has 1 aromatic heterocycles. The van der Waals surface area contributed by atoms with Gasteiger partial charge in [-0.05, 0) is 12.2 Å². The van der Waals surface area contributed by atoms with Gasteiger partial charge in [0.25, 0.3) is 0 Å². The Hall–Kier alpha value is -2.37. The molecule has 1 aromatic rings. The van der Waals surface area contributed by atoms with Crippen molar-refractivity contribution in [1.82, 2.24) is 14.7 Å². The molecule has 0 saturated carbocycles. The summed E-state index contributed by atoms with van der Waals surface area (Å²) in [6.07, 6.45) is 8.88. The maximum absolute atomic E-state index is 11.1. The number of aromatic nitrogens is 2. The fraction of sp³-hybridized carbons (Fsp3) is 0.182. The Morgan fingerprint density at radius 3 is 3.18 bits per heavy atom. The van der Waals surface area contributed by atoms with Crippen LogP contribution in [0.2, 0.25) is 0 Å². The van der Waals surface area contributed by atoms with Gasteiger partial charge in [-0.1, -0.05) is 0 Å². The zero-order valence-corrected chi connectivity index (χ0v) is 9.08. The van der Waals surface area contributed by atoms with E-state index < -0.39 is 6.03 Å². The van der Waals surface area contributed by atoms with Crippen molar-refractivity contribution < 1.29 is 4.79 Å². The predicted molar refractivity (Wildman–Crippen MR) is 63.1 cm³/mol. The number of nitrogens with zero attached hydrogens (tertiary/aromatic N) is 4. The number of hydrogen-bond acceptors (Lipinski definition) is 3. The van der Waals surface area contributed by atoms with Gasteiger partial charge in [0.2, 0.25) is 0 Å². The molecular weight excluding hydrogens is 218 g/mol. The van der Waals surface area contributed by atoms with Crippen LogP contribution in [0.15, 0.2) is 23.5 Å². The van der Waals surface area contributed by atoms with Gasteiger partial charge >= 0.3 is 6.03 Å². The molecular formula is C11H11N5O. The van der Waals surface area contributed by atoms with E-state index >= 15 is 0 Å². The molecule has 0 spiro atoms. The Kier molecular flexibility index (Phi) is 2.07. The molecule has 6 nitrogen and oxygen atoms in total. The highest BCUT2D eigenvalue weighted by Crippen LogP contribution is 2.22. The first-order valence-corrected chi connectivity index (χ1v) is 5.28. The van der Waals surface area contributed by atoms with E-state index in [9.17, 15) is 4.79 Å². The Balaban J connectivity index is 2.06. The van der Waals surface area contributed by atoms with Gasteiger partial charge in [-0.15, -0.1) is 0 Å². The highest BCUT2D eigenvalue weighted by atomic mass is 16.2. The molecule has 17 heavy (non-hydrogen) atoms. The van der Waals surface area contributed by atoms with Crippen molar-refractivity contribution in [2.75, 3.05) is 0 Å². The second-order valence-corrected chi connectivity index (χ2v) is 3.88. The van der Waals surface area contributed by atoms with Crippen molar-refractivity contribution in [3.05, 3.63) is 35.4 Å². The Morgan fingerprint density at radius 2 is 2.35 bits per heavy atom. The molecule has 2 aliphatic rings. The van der Waals surface area contributed by atoms with E-state index in [0.29, 0.717) is 13.1 Å². The summed E-state index contributed by atoms with van der Waals surface area (Å²) >= 11 is 0. The molecule has 0 atom stereocenters. The molecule has 0 aromatic carbocycles. The van der Waals surface area contributed by atoms with Gasteiger partial charge in [-0.25, -0.2) is 4.79 Å². The number of primary amides is 1. The number of urea groups is 1. The van der Waals surface area contributed by atoms with E-state index in [-0.39, 0.29) is 0 Å².